The Labute approximate surface area is 171 Å². The predicted molar refractivity (Wildman–Crippen MR) is 114 cm³/mol. The van der Waals surface area contributed by atoms with Crippen molar-refractivity contribution in [3.05, 3.63) is 59.9 Å². The summed E-state index contributed by atoms with van der Waals surface area (Å²) in [6.07, 6.45) is 5.15. The first kappa shape index (κ1) is 18.3. The van der Waals surface area contributed by atoms with Crippen LogP contribution in [0.25, 0.3) is 10.8 Å². The molecule has 2 heterocycles. The smallest absolute Gasteiger partial charge is 0.276 e. The summed E-state index contributed by atoms with van der Waals surface area (Å²) in [6, 6.07) is 14.9. The number of rotatable bonds is 3. The van der Waals surface area contributed by atoms with Crippen molar-refractivity contribution >= 4 is 16.7 Å². The SMILES string of the molecule is CC1(C)C[C@@H]2C[C@@](C)(CN2C(=O)c2cn(Cc3cccc4ccccc34)nn2)C1. The molecule has 1 saturated heterocycles. The van der Waals surface area contributed by atoms with E-state index in [1.165, 1.54) is 22.8 Å². The number of likely N-dealkylation sites (tertiary alicyclic amines) is 1. The van der Waals surface area contributed by atoms with Gasteiger partial charge in [-0.2, -0.15) is 0 Å². The second-order valence-electron chi connectivity index (χ2n) is 10.1. The Morgan fingerprint density at radius 1 is 1.10 bits per heavy atom. The summed E-state index contributed by atoms with van der Waals surface area (Å²) in [4.78, 5) is 15.3. The summed E-state index contributed by atoms with van der Waals surface area (Å²) in [5, 5.41) is 10.9. The van der Waals surface area contributed by atoms with E-state index in [0.717, 1.165) is 19.4 Å². The number of hydrogen-bond acceptors (Lipinski definition) is 3. The molecule has 0 radical (unpaired) electrons. The summed E-state index contributed by atoms with van der Waals surface area (Å²) in [5.41, 5.74) is 2.15. The molecule has 5 rings (SSSR count). The van der Waals surface area contributed by atoms with Crippen LogP contribution < -0.4 is 0 Å². The number of amides is 1. The molecular formula is C24H28N4O. The second kappa shape index (κ2) is 6.41. The molecule has 0 spiro atoms. The zero-order valence-corrected chi connectivity index (χ0v) is 17.4. The van der Waals surface area contributed by atoms with Gasteiger partial charge in [0.15, 0.2) is 5.69 Å². The molecule has 2 aliphatic rings. The van der Waals surface area contributed by atoms with Gasteiger partial charge in [0, 0.05) is 12.6 Å². The topological polar surface area (TPSA) is 51.0 Å². The third-order valence-corrected chi connectivity index (χ3v) is 6.65. The quantitative estimate of drug-likeness (QED) is 0.663. The Bertz CT molecular complexity index is 1080. The lowest BCUT2D eigenvalue weighted by Gasteiger charge is -2.39. The first-order valence-electron chi connectivity index (χ1n) is 10.5. The first-order chi connectivity index (χ1) is 13.8. The average Bonchev–Trinajstić information content (AvgIpc) is 3.22. The van der Waals surface area contributed by atoms with Gasteiger partial charge in [-0.1, -0.05) is 68.4 Å². The van der Waals surface area contributed by atoms with Crippen molar-refractivity contribution in [1.82, 2.24) is 19.9 Å². The molecule has 3 aromatic rings. The minimum Gasteiger partial charge on any atom is -0.334 e. The van der Waals surface area contributed by atoms with Gasteiger partial charge in [-0.25, -0.2) is 4.68 Å². The van der Waals surface area contributed by atoms with Gasteiger partial charge < -0.3 is 4.90 Å². The van der Waals surface area contributed by atoms with Crippen molar-refractivity contribution < 1.29 is 4.79 Å². The predicted octanol–water partition coefficient (Wildman–Crippen LogP) is 4.52. The third-order valence-electron chi connectivity index (χ3n) is 6.65. The van der Waals surface area contributed by atoms with Crippen LogP contribution in [0.3, 0.4) is 0 Å². The molecule has 1 aromatic heterocycles. The fourth-order valence-corrected chi connectivity index (χ4v) is 5.92. The highest BCUT2D eigenvalue weighted by atomic mass is 16.2. The van der Waals surface area contributed by atoms with Gasteiger partial charge in [-0.15, -0.1) is 5.10 Å². The van der Waals surface area contributed by atoms with Crippen molar-refractivity contribution in [1.29, 1.82) is 0 Å². The highest BCUT2D eigenvalue weighted by Crippen LogP contribution is 2.52. The first-order valence-corrected chi connectivity index (χ1v) is 10.5. The van der Waals surface area contributed by atoms with Crippen LogP contribution >= 0.6 is 0 Å². The molecule has 1 saturated carbocycles. The molecule has 0 N–H and O–H groups in total. The second-order valence-corrected chi connectivity index (χ2v) is 10.1. The van der Waals surface area contributed by atoms with E-state index >= 15 is 0 Å². The van der Waals surface area contributed by atoms with Gasteiger partial charge in [-0.3, -0.25) is 4.79 Å². The van der Waals surface area contributed by atoms with Crippen LogP contribution in [0.4, 0.5) is 0 Å². The normalized spacial score (nSPS) is 25.5. The van der Waals surface area contributed by atoms with Crippen molar-refractivity contribution in [2.75, 3.05) is 6.54 Å². The lowest BCUT2D eigenvalue weighted by Crippen LogP contribution is -2.37. The van der Waals surface area contributed by atoms with E-state index in [0.29, 0.717) is 23.7 Å². The molecular weight excluding hydrogens is 360 g/mol. The Balaban J connectivity index is 1.37. The molecule has 2 aromatic carbocycles. The lowest BCUT2D eigenvalue weighted by molar-refractivity contribution is 0.0702. The Kier molecular flexibility index (Phi) is 4.05. The molecule has 1 aliphatic heterocycles. The summed E-state index contributed by atoms with van der Waals surface area (Å²) in [7, 11) is 0. The van der Waals surface area contributed by atoms with Gasteiger partial charge in [0.2, 0.25) is 0 Å². The third kappa shape index (κ3) is 3.33. The zero-order valence-electron chi connectivity index (χ0n) is 17.4. The maximum atomic E-state index is 13.2. The van der Waals surface area contributed by atoms with Crippen LogP contribution in [0.1, 0.15) is 56.1 Å². The van der Waals surface area contributed by atoms with E-state index in [-0.39, 0.29) is 11.3 Å². The van der Waals surface area contributed by atoms with E-state index < -0.39 is 0 Å². The zero-order chi connectivity index (χ0) is 20.2. The molecule has 2 fully saturated rings. The van der Waals surface area contributed by atoms with Crippen molar-refractivity contribution in [3.63, 3.8) is 0 Å². The molecule has 2 atom stereocenters. The molecule has 150 valence electrons. The van der Waals surface area contributed by atoms with Gasteiger partial charge in [0.05, 0.1) is 12.7 Å². The van der Waals surface area contributed by atoms with Crippen molar-refractivity contribution in [2.24, 2.45) is 10.8 Å². The summed E-state index contributed by atoms with van der Waals surface area (Å²) in [6.45, 7) is 8.41. The monoisotopic (exact) mass is 388 g/mol. The summed E-state index contributed by atoms with van der Waals surface area (Å²) in [5.74, 6) is 0.0283. The number of nitrogens with zero attached hydrogens (tertiary/aromatic N) is 4. The number of aromatic nitrogens is 3. The molecule has 5 nitrogen and oxygen atoms in total. The number of carbonyl (C=O) groups excluding carboxylic acids is 1. The fraction of sp³-hybridized carbons (Fsp3) is 0.458. The molecule has 5 heteroatoms. The maximum absolute atomic E-state index is 13.2. The van der Waals surface area contributed by atoms with Gasteiger partial charge in [0.25, 0.3) is 5.91 Å². The van der Waals surface area contributed by atoms with Crippen LogP contribution in [0.2, 0.25) is 0 Å². The van der Waals surface area contributed by atoms with Crippen LogP contribution in [0.5, 0.6) is 0 Å². The molecule has 1 aliphatic carbocycles. The Morgan fingerprint density at radius 2 is 1.90 bits per heavy atom. The van der Waals surface area contributed by atoms with E-state index in [9.17, 15) is 4.79 Å². The number of benzene rings is 2. The molecule has 0 unspecified atom stereocenters. The summed E-state index contributed by atoms with van der Waals surface area (Å²) < 4.78 is 1.78. The highest BCUT2D eigenvalue weighted by molar-refractivity contribution is 5.92. The fourth-order valence-electron chi connectivity index (χ4n) is 5.92. The standard InChI is InChI=1S/C24H28N4O/c1-23(2)11-19-12-24(3,15-23)16-28(19)22(29)21-14-27(26-25-21)13-18-9-6-8-17-7-4-5-10-20(17)18/h4-10,14,19H,11-13,15-16H2,1-3H3/t19-,24-/m1/s1. The van der Waals surface area contributed by atoms with E-state index in [1.54, 1.807) is 10.9 Å². The van der Waals surface area contributed by atoms with Crippen LogP contribution in [0, 0.1) is 10.8 Å². The van der Waals surface area contributed by atoms with Crippen LogP contribution in [-0.4, -0.2) is 38.4 Å². The Morgan fingerprint density at radius 3 is 2.76 bits per heavy atom. The van der Waals surface area contributed by atoms with Crippen LogP contribution in [-0.2, 0) is 6.54 Å². The van der Waals surface area contributed by atoms with E-state index in [2.05, 4.69) is 72.4 Å². The minimum absolute atomic E-state index is 0.0283. The number of fused-ring (bicyclic) bond motifs is 3. The number of carbonyl (C=O) groups is 1. The van der Waals surface area contributed by atoms with Gasteiger partial charge in [0.1, 0.15) is 0 Å². The van der Waals surface area contributed by atoms with E-state index in [4.69, 9.17) is 0 Å². The lowest BCUT2D eigenvalue weighted by atomic mass is 9.65. The average molecular weight is 389 g/mol. The largest absolute Gasteiger partial charge is 0.334 e. The maximum Gasteiger partial charge on any atom is 0.276 e. The highest BCUT2D eigenvalue weighted by Gasteiger charge is 2.51. The van der Waals surface area contributed by atoms with Gasteiger partial charge >= 0.3 is 0 Å². The van der Waals surface area contributed by atoms with Crippen molar-refractivity contribution in [2.45, 2.75) is 52.6 Å². The number of hydrogen-bond donors (Lipinski definition) is 0. The summed E-state index contributed by atoms with van der Waals surface area (Å²) >= 11 is 0. The Hall–Kier alpha value is -2.69. The molecule has 1 amide bonds. The molecule has 29 heavy (non-hydrogen) atoms. The van der Waals surface area contributed by atoms with Gasteiger partial charge in [-0.05, 0) is 46.4 Å². The minimum atomic E-state index is 0.0283. The van der Waals surface area contributed by atoms with Crippen molar-refractivity contribution in [3.8, 4) is 0 Å². The molecule has 2 bridgehead atoms. The van der Waals surface area contributed by atoms with E-state index in [1.807, 2.05) is 6.07 Å². The van der Waals surface area contributed by atoms with Crippen LogP contribution in [0.15, 0.2) is 48.7 Å².